The van der Waals surface area contributed by atoms with Gasteiger partial charge in [0.05, 0.1) is 0 Å². The lowest BCUT2D eigenvalue weighted by atomic mass is 10.3. The minimum absolute atomic E-state index is 1.39. The van der Waals surface area contributed by atoms with Gasteiger partial charge in [0.25, 0.3) is 14.2 Å². The Bertz CT molecular complexity index is 331. The van der Waals surface area contributed by atoms with Crippen LogP contribution in [0.4, 0.5) is 22.0 Å². The van der Waals surface area contributed by atoms with E-state index in [4.69, 9.17) is 0 Å². The molecule has 14 heavy (non-hydrogen) atoms. The lowest BCUT2D eigenvalue weighted by Crippen LogP contribution is -2.07. The standard InChI is InChI=1S/C5H4ClF5O2S/c6-14(12,13)4(8)3(7)1-2-5(9,10)11/h1-2H2. The van der Waals surface area contributed by atoms with Gasteiger partial charge in [-0.2, -0.15) is 17.6 Å². The molecule has 0 N–H and O–H groups in total. The van der Waals surface area contributed by atoms with E-state index in [0.29, 0.717) is 0 Å². The van der Waals surface area contributed by atoms with E-state index in [1.165, 1.54) is 0 Å². The second kappa shape index (κ2) is 4.43. The highest BCUT2D eigenvalue weighted by molar-refractivity contribution is 8.16. The van der Waals surface area contributed by atoms with Crippen molar-refractivity contribution in [2.75, 3.05) is 0 Å². The first kappa shape index (κ1) is 13.6. The molecule has 0 aliphatic rings. The van der Waals surface area contributed by atoms with E-state index in [1.54, 1.807) is 0 Å². The molecule has 0 spiro atoms. The maximum Gasteiger partial charge on any atom is 0.389 e. The fraction of sp³-hybridized carbons (Fsp3) is 0.600. The molecular weight excluding hydrogens is 255 g/mol. The zero-order chi connectivity index (χ0) is 11.6. The Morgan fingerprint density at radius 1 is 1.21 bits per heavy atom. The van der Waals surface area contributed by atoms with E-state index in [1.807, 2.05) is 0 Å². The Morgan fingerprint density at radius 2 is 1.64 bits per heavy atom. The number of halogens is 6. The molecule has 0 aliphatic carbocycles. The summed E-state index contributed by atoms with van der Waals surface area (Å²) in [5.74, 6) is -2.03. The van der Waals surface area contributed by atoms with Crippen LogP contribution < -0.4 is 0 Å². The molecule has 0 atom stereocenters. The molecule has 0 radical (unpaired) electrons. The van der Waals surface area contributed by atoms with Crippen molar-refractivity contribution in [2.24, 2.45) is 0 Å². The minimum Gasteiger partial charge on any atom is -0.208 e. The number of hydrogen-bond donors (Lipinski definition) is 0. The van der Waals surface area contributed by atoms with Crippen molar-refractivity contribution in [2.45, 2.75) is 19.0 Å². The van der Waals surface area contributed by atoms with Gasteiger partial charge in [0.15, 0.2) is 0 Å². The van der Waals surface area contributed by atoms with Gasteiger partial charge in [-0.15, -0.1) is 0 Å². The van der Waals surface area contributed by atoms with Crippen molar-refractivity contribution < 1.29 is 30.4 Å². The van der Waals surface area contributed by atoms with Crippen LogP contribution >= 0.6 is 10.7 Å². The van der Waals surface area contributed by atoms with Gasteiger partial charge in [0.2, 0.25) is 0 Å². The van der Waals surface area contributed by atoms with Crippen LogP contribution in [0.5, 0.6) is 0 Å². The summed E-state index contributed by atoms with van der Waals surface area (Å²) in [6.45, 7) is 0. The third-order valence-electron chi connectivity index (χ3n) is 1.06. The van der Waals surface area contributed by atoms with Crippen molar-refractivity contribution in [3.05, 3.63) is 11.0 Å². The van der Waals surface area contributed by atoms with Crippen LogP contribution in [0.15, 0.2) is 11.0 Å². The first-order valence-electron chi connectivity index (χ1n) is 3.09. The highest BCUT2D eigenvalue weighted by Gasteiger charge is 2.29. The van der Waals surface area contributed by atoms with Gasteiger partial charge < -0.3 is 0 Å². The topological polar surface area (TPSA) is 34.1 Å². The number of allylic oxidation sites excluding steroid dienone is 1. The molecule has 0 rings (SSSR count). The second-order valence-corrected chi connectivity index (χ2v) is 4.68. The van der Waals surface area contributed by atoms with E-state index in [-0.39, 0.29) is 0 Å². The van der Waals surface area contributed by atoms with Crippen LogP contribution in [-0.4, -0.2) is 14.6 Å². The largest absolute Gasteiger partial charge is 0.389 e. The van der Waals surface area contributed by atoms with Gasteiger partial charge in [-0.3, -0.25) is 0 Å². The van der Waals surface area contributed by atoms with Crippen LogP contribution in [0.3, 0.4) is 0 Å². The maximum atomic E-state index is 12.4. The van der Waals surface area contributed by atoms with Crippen LogP contribution in [0.2, 0.25) is 0 Å². The summed E-state index contributed by atoms with van der Waals surface area (Å²) in [5, 5.41) is -2.37. The lowest BCUT2D eigenvalue weighted by molar-refractivity contribution is -0.134. The number of alkyl halides is 3. The minimum atomic E-state index is -4.93. The summed E-state index contributed by atoms with van der Waals surface area (Å²) in [5.41, 5.74) is 0. The van der Waals surface area contributed by atoms with Crippen LogP contribution in [0.1, 0.15) is 12.8 Å². The summed E-state index contributed by atoms with van der Waals surface area (Å²) < 4.78 is 79.3. The molecule has 0 heterocycles. The highest BCUT2D eigenvalue weighted by atomic mass is 35.7. The third kappa shape index (κ3) is 5.38. The molecule has 0 aliphatic heterocycles. The molecule has 9 heteroatoms. The van der Waals surface area contributed by atoms with E-state index in [0.717, 1.165) is 0 Å². The quantitative estimate of drug-likeness (QED) is 0.576. The van der Waals surface area contributed by atoms with Gasteiger partial charge in [-0.05, 0) is 0 Å². The Labute approximate surface area is 80.8 Å². The molecule has 0 unspecified atom stereocenters. The molecule has 0 aromatic carbocycles. The van der Waals surface area contributed by atoms with Gasteiger partial charge >= 0.3 is 6.18 Å². The molecule has 84 valence electrons. The summed E-state index contributed by atoms with van der Waals surface area (Å²) in [7, 11) is -0.580. The molecule has 0 bridgehead atoms. The first-order chi connectivity index (χ1) is 6.04. The van der Waals surface area contributed by atoms with Gasteiger partial charge in [-0.1, -0.05) is 0 Å². The lowest BCUT2D eigenvalue weighted by Gasteiger charge is -2.03. The van der Waals surface area contributed by atoms with E-state index in [9.17, 15) is 30.4 Å². The Balaban J connectivity index is 4.57. The highest BCUT2D eigenvalue weighted by Crippen LogP contribution is 2.28. The van der Waals surface area contributed by atoms with E-state index in [2.05, 4.69) is 10.7 Å². The van der Waals surface area contributed by atoms with Crippen molar-refractivity contribution >= 4 is 19.7 Å². The smallest absolute Gasteiger partial charge is 0.208 e. The average Bonchev–Trinajstić information content (AvgIpc) is 1.95. The maximum absolute atomic E-state index is 12.4. The Morgan fingerprint density at radius 3 is 1.93 bits per heavy atom. The fourth-order valence-corrected chi connectivity index (χ4v) is 1.10. The first-order valence-corrected chi connectivity index (χ1v) is 5.40. The predicted octanol–water partition coefficient (Wildman–Crippen LogP) is 3.01. The normalized spacial score (nSPS) is 15.3. The SMILES string of the molecule is O=S(=O)(Cl)C(F)=C(F)CCC(F)(F)F. The van der Waals surface area contributed by atoms with Crippen LogP contribution in [-0.2, 0) is 9.05 Å². The van der Waals surface area contributed by atoms with Gasteiger partial charge in [0.1, 0.15) is 5.83 Å². The number of hydrogen-bond acceptors (Lipinski definition) is 2. The Hall–Kier alpha value is -0.370. The van der Waals surface area contributed by atoms with Gasteiger partial charge in [-0.25, -0.2) is 12.8 Å². The zero-order valence-electron chi connectivity index (χ0n) is 6.41. The summed E-state index contributed by atoms with van der Waals surface area (Å²) >= 11 is 0. The second-order valence-electron chi connectivity index (χ2n) is 2.23. The van der Waals surface area contributed by atoms with E-state index >= 15 is 0 Å². The van der Waals surface area contributed by atoms with Crippen molar-refractivity contribution in [1.82, 2.24) is 0 Å². The fourth-order valence-electron chi connectivity index (χ4n) is 0.482. The van der Waals surface area contributed by atoms with Crippen molar-refractivity contribution in [3.63, 3.8) is 0 Å². The molecule has 0 fully saturated rings. The third-order valence-corrected chi connectivity index (χ3v) is 2.11. The zero-order valence-corrected chi connectivity index (χ0v) is 7.98. The van der Waals surface area contributed by atoms with E-state index < -0.39 is 39.1 Å². The molecule has 0 aromatic heterocycles. The molecule has 2 nitrogen and oxygen atoms in total. The predicted molar refractivity (Wildman–Crippen MR) is 39.3 cm³/mol. The van der Waals surface area contributed by atoms with Crippen molar-refractivity contribution in [3.8, 4) is 0 Å². The van der Waals surface area contributed by atoms with Gasteiger partial charge in [0, 0.05) is 23.5 Å². The number of rotatable bonds is 3. The molecule has 0 saturated heterocycles. The average molecular weight is 259 g/mol. The molecule has 0 aromatic rings. The molecular formula is C5H4ClF5O2S. The Kier molecular flexibility index (Phi) is 4.32. The van der Waals surface area contributed by atoms with Crippen LogP contribution in [0.25, 0.3) is 0 Å². The molecule has 0 saturated carbocycles. The summed E-state index contributed by atoms with van der Waals surface area (Å²) in [6, 6.07) is 0. The monoisotopic (exact) mass is 258 g/mol. The van der Waals surface area contributed by atoms with Crippen LogP contribution in [0, 0.1) is 0 Å². The van der Waals surface area contributed by atoms with Crippen molar-refractivity contribution in [1.29, 1.82) is 0 Å². The summed E-state index contributed by atoms with van der Waals surface area (Å²) in [4.78, 5) is 0. The summed E-state index contributed by atoms with van der Waals surface area (Å²) in [6.07, 6.45) is -7.73. The molecule has 0 amide bonds.